The summed E-state index contributed by atoms with van der Waals surface area (Å²) in [6.07, 6.45) is -0.517. The Hall–Kier alpha value is -1.88. The molecule has 0 aliphatic rings. The third-order valence-corrected chi connectivity index (χ3v) is 2.81. The number of nitrogens with one attached hydrogen (secondary N) is 1. The van der Waals surface area contributed by atoms with Crippen molar-refractivity contribution in [2.75, 3.05) is 5.32 Å². The monoisotopic (exact) mass is 251 g/mol. The molecule has 2 rings (SSSR count). The zero-order valence-electron chi connectivity index (χ0n) is 8.85. The minimum absolute atomic E-state index is 0.123. The zero-order valence-corrected chi connectivity index (χ0v) is 9.67. The molecule has 1 N–H and O–H groups in total. The van der Waals surface area contributed by atoms with Gasteiger partial charge in [0.1, 0.15) is 12.4 Å². The first-order valence-electron chi connectivity index (χ1n) is 4.96. The number of rotatable bonds is 3. The minimum atomic E-state index is -0.517. The second-order valence-electron chi connectivity index (χ2n) is 3.30. The number of benzene rings is 1. The molecule has 0 spiro atoms. The van der Waals surface area contributed by atoms with Crippen LogP contribution in [0.5, 0.6) is 0 Å². The van der Waals surface area contributed by atoms with E-state index in [1.165, 1.54) is 23.5 Å². The Balaban J connectivity index is 1.82. The lowest BCUT2D eigenvalue weighted by molar-refractivity contribution is 0.155. The lowest BCUT2D eigenvalue weighted by Gasteiger charge is -2.05. The second-order valence-corrected chi connectivity index (χ2v) is 4.25. The first kappa shape index (κ1) is 11.6. The van der Waals surface area contributed by atoms with Crippen LogP contribution >= 0.6 is 11.3 Å². The summed E-state index contributed by atoms with van der Waals surface area (Å²) < 4.78 is 17.6. The van der Waals surface area contributed by atoms with Gasteiger partial charge in [0.2, 0.25) is 0 Å². The van der Waals surface area contributed by atoms with Crippen molar-refractivity contribution in [2.45, 2.75) is 6.61 Å². The zero-order chi connectivity index (χ0) is 12.1. The number of carbonyl (C=O) groups excluding carboxylic acids is 1. The summed E-state index contributed by atoms with van der Waals surface area (Å²) in [6, 6.07) is 9.43. The van der Waals surface area contributed by atoms with Gasteiger partial charge in [-0.25, -0.2) is 9.18 Å². The molecule has 0 unspecified atom stereocenters. The van der Waals surface area contributed by atoms with Crippen molar-refractivity contribution in [1.82, 2.24) is 0 Å². The molecule has 1 amide bonds. The Labute approximate surface area is 102 Å². The number of ether oxygens (including phenoxy) is 1. The molecule has 17 heavy (non-hydrogen) atoms. The van der Waals surface area contributed by atoms with Gasteiger partial charge in [0.15, 0.2) is 0 Å². The van der Waals surface area contributed by atoms with Crippen LogP contribution in [0, 0.1) is 5.82 Å². The molecule has 1 aromatic carbocycles. The smallest absolute Gasteiger partial charge is 0.412 e. The van der Waals surface area contributed by atoms with Crippen LogP contribution in [0.25, 0.3) is 0 Å². The highest BCUT2D eigenvalue weighted by Gasteiger charge is 2.04. The van der Waals surface area contributed by atoms with Gasteiger partial charge in [0, 0.05) is 0 Å². The fourth-order valence-corrected chi connectivity index (χ4v) is 1.82. The number of amides is 1. The summed E-state index contributed by atoms with van der Waals surface area (Å²) in [5, 5.41) is 5.17. The molecule has 0 saturated heterocycles. The van der Waals surface area contributed by atoms with Crippen molar-refractivity contribution in [2.24, 2.45) is 0 Å². The van der Waals surface area contributed by atoms with Gasteiger partial charge in [0.05, 0.1) is 5.00 Å². The fraction of sp³-hybridized carbons (Fsp3) is 0.0833. The SMILES string of the molecule is O=C(Nc1cccs1)OCc1ccc(F)cc1. The number of halogens is 1. The summed E-state index contributed by atoms with van der Waals surface area (Å²) in [5.41, 5.74) is 0.743. The second kappa shape index (κ2) is 5.45. The number of anilines is 1. The molecule has 0 saturated carbocycles. The van der Waals surface area contributed by atoms with Gasteiger partial charge in [-0.05, 0) is 35.2 Å². The minimum Gasteiger partial charge on any atom is -0.444 e. The Morgan fingerprint density at radius 3 is 2.71 bits per heavy atom. The van der Waals surface area contributed by atoms with Gasteiger partial charge < -0.3 is 4.74 Å². The van der Waals surface area contributed by atoms with Crippen molar-refractivity contribution >= 4 is 22.4 Å². The maximum Gasteiger partial charge on any atom is 0.412 e. The van der Waals surface area contributed by atoms with Crippen LogP contribution in [0.15, 0.2) is 41.8 Å². The molecule has 2 aromatic rings. The van der Waals surface area contributed by atoms with Gasteiger partial charge in [-0.1, -0.05) is 12.1 Å². The van der Waals surface area contributed by atoms with E-state index in [1.54, 1.807) is 18.2 Å². The third-order valence-electron chi connectivity index (χ3n) is 2.03. The van der Waals surface area contributed by atoms with Crippen molar-refractivity contribution in [3.63, 3.8) is 0 Å². The Bertz CT molecular complexity index is 482. The van der Waals surface area contributed by atoms with Crippen LogP contribution in [-0.2, 0) is 11.3 Å². The molecule has 0 aliphatic carbocycles. The van der Waals surface area contributed by atoms with Gasteiger partial charge >= 0.3 is 6.09 Å². The first-order valence-corrected chi connectivity index (χ1v) is 5.84. The van der Waals surface area contributed by atoms with Gasteiger partial charge in [-0.3, -0.25) is 5.32 Å². The van der Waals surface area contributed by atoms with E-state index in [4.69, 9.17) is 4.74 Å². The van der Waals surface area contributed by atoms with E-state index in [1.807, 2.05) is 11.4 Å². The number of carbonyl (C=O) groups is 1. The fourth-order valence-electron chi connectivity index (χ4n) is 1.22. The summed E-state index contributed by atoms with van der Waals surface area (Å²) in [5.74, 6) is -0.309. The van der Waals surface area contributed by atoms with Gasteiger partial charge in [-0.2, -0.15) is 0 Å². The van der Waals surface area contributed by atoms with Gasteiger partial charge in [-0.15, -0.1) is 11.3 Å². The van der Waals surface area contributed by atoms with E-state index >= 15 is 0 Å². The number of hydrogen-bond donors (Lipinski definition) is 1. The molecule has 0 fully saturated rings. The predicted octanol–water partition coefficient (Wildman–Crippen LogP) is 3.64. The highest BCUT2D eigenvalue weighted by Crippen LogP contribution is 2.15. The average molecular weight is 251 g/mol. The standard InChI is InChI=1S/C12H10FNO2S/c13-10-5-3-9(4-6-10)8-16-12(15)14-11-2-1-7-17-11/h1-7H,8H2,(H,14,15). The molecule has 0 radical (unpaired) electrons. The molecule has 3 nitrogen and oxygen atoms in total. The summed E-state index contributed by atoms with van der Waals surface area (Å²) in [7, 11) is 0. The summed E-state index contributed by atoms with van der Waals surface area (Å²) in [6.45, 7) is 0.123. The van der Waals surface area contributed by atoms with Crippen molar-refractivity contribution in [3.05, 3.63) is 53.2 Å². The average Bonchev–Trinajstić information content (AvgIpc) is 2.81. The predicted molar refractivity (Wildman–Crippen MR) is 64.5 cm³/mol. The maximum absolute atomic E-state index is 12.6. The van der Waals surface area contributed by atoms with Crippen LogP contribution < -0.4 is 5.32 Å². The van der Waals surface area contributed by atoms with E-state index in [9.17, 15) is 9.18 Å². The van der Waals surface area contributed by atoms with Crippen LogP contribution in [-0.4, -0.2) is 6.09 Å². The summed E-state index contributed by atoms with van der Waals surface area (Å²) in [4.78, 5) is 11.3. The lowest BCUT2D eigenvalue weighted by atomic mass is 10.2. The highest BCUT2D eigenvalue weighted by atomic mass is 32.1. The van der Waals surface area contributed by atoms with E-state index in [0.717, 1.165) is 10.6 Å². The Morgan fingerprint density at radius 1 is 1.29 bits per heavy atom. The van der Waals surface area contributed by atoms with Crippen LogP contribution in [0.2, 0.25) is 0 Å². The maximum atomic E-state index is 12.6. The van der Waals surface area contributed by atoms with E-state index in [-0.39, 0.29) is 12.4 Å². The molecular weight excluding hydrogens is 241 g/mol. The molecule has 1 heterocycles. The molecule has 88 valence electrons. The van der Waals surface area contributed by atoms with Crippen molar-refractivity contribution in [1.29, 1.82) is 0 Å². The molecular formula is C12H10FNO2S. The molecule has 0 atom stereocenters. The normalized spacial score (nSPS) is 9.94. The largest absolute Gasteiger partial charge is 0.444 e. The Morgan fingerprint density at radius 2 is 2.06 bits per heavy atom. The van der Waals surface area contributed by atoms with Crippen LogP contribution in [0.4, 0.5) is 14.2 Å². The van der Waals surface area contributed by atoms with Crippen LogP contribution in [0.3, 0.4) is 0 Å². The highest BCUT2D eigenvalue weighted by molar-refractivity contribution is 7.14. The quantitative estimate of drug-likeness (QED) is 0.904. The lowest BCUT2D eigenvalue weighted by Crippen LogP contribution is -2.12. The number of thiophene rings is 1. The Kier molecular flexibility index (Phi) is 3.72. The third kappa shape index (κ3) is 3.57. The molecule has 5 heteroatoms. The van der Waals surface area contributed by atoms with Crippen molar-refractivity contribution < 1.29 is 13.9 Å². The van der Waals surface area contributed by atoms with E-state index < -0.39 is 6.09 Å². The number of hydrogen-bond acceptors (Lipinski definition) is 3. The van der Waals surface area contributed by atoms with Gasteiger partial charge in [0.25, 0.3) is 0 Å². The van der Waals surface area contributed by atoms with Crippen LogP contribution in [0.1, 0.15) is 5.56 Å². The molecule has 0 aliphatic heterocycles. The topological polar surface area (TPSA) is 38.3 Å². The van der Waals surface area contributed by atoms with E-state index in [0.29, 0.717) is 0 Å². The first-order chi connectivity index (χ1) is 8.24. The van der Waals surface area contributed by atoms with E-state index in [2.05, 4.69) is 5.32 Å². The molecule has 0 bridgehead atoms. The molecule has 1 aromatic heterocycles. The van der Waals surface area contributed by atoms with Crippen molar-refractivity contribution in [3.8, 4) is 0 Å². The summed E-state index contributed by atoms with van der Waals surface area (Å²) >= 11 is 1.41.